The minimum Gasteiger partial charge on any atom is -0.319 e. The molecule has 23 heavy (non-hydrogen) atoms. The number of hydrogen-bond donors (Lipinski definition) is 2. The predicted octanol–water partition coefficient (Wildman–Crippen LogP) is 1.05. The highest BCUT2D eigenvalue weighted by atomic mass is 35.5. The quantitative estimate of drug-likeness (QED) is 0.763. The average molecular weight is 333 g/mol. The van der Waals surface area contributed by atoms with Crippen LogP contribution in [0.5, 0.6) is 0 Å². The van der Waals surface area contributed by atoms with Crippen molar-refractivity contribution in [1.29, 1.82) is 0 Å². The number of nitrogens with one attached hydrogen (secondary N) is 2. The highest BCUT2D eigenvalue weighted by Crippen LogP contribution is 2.38. The summed E-state index contributed by atoms with van der Waals surface area (Å²) in [5.41, 5.74) is 0.728. The Bertz CT molecular complexity index is 952. The fraction of sp³-hybridized carbons (Fsp3) is 0.333. The maximum absolute atomic E-state index is 12.5. The van der Waals surface area contributed by atoms with Crippen molar-refractivity contribution < 1.29 is 9.59 Å². The molecule has 1 unspecified atom stereocenters. The van der Waals surface area contributed by atoms with Crippen LogP contribution in [0.4, 0.5) is 4.79 Å². The summed E-state index contributed by atoms with van der Waals surface area (Å²) >= 11 is 6.19. The Balaban J connectivity index is 2.13. The number of rotatable bonds is 1. The van der Waals surface area contributed by atoms with Gasteiger partial charge in [0.15, 0.2) is 0 Å². The fourth-order valence-corrected chi connectivity index (χ4v) is 3.66. The van der Waals surface area contributed by atoms with Crippen LogP contribution in [-0.2, 0) is 23.3 Å². The van der Waals surface area contributed by atoms with E-state index >= 15 is 0 Å². The van der Waals surface area contributed by atoms with E-state index in [2.05, 4.69) is 15.6 Å². The number of benzene rings is 1. The Morgan fingerprint density at radius 1 is 1.35 bits per heavy atom. The molecule has 2 aliphatic heterocycles. The molecular formula is C15H13ClN4O3. The number of urea groups is 1. The van der Waals surface area contributed by atoms with Crippen LogP contribution < -0.4 is 16.2 Å². The third kappa shape index (κ3) is 1.77. The minimum absolute atomic E-state index is 0.164. The molecule has 2 aliphatic rings. The zero-order valence-corrected chi connectivity index (χ0v) is 13.0. The summed E-state index contributed by atoms with van der Waals surface area (Å²) in [5, 5.41) is 5.37. The molecule has 0 saturated carbocycles. The zero-order chi connectivity index (χ0) is 16.4. The smallest absolute Gasteiger partial charge is 0.319 e. The summed E-state index contributed by atoms with van der Waals surface area (Å²) in [6.45, 7) is 2.19. The lowest BCUT2D eigenvalue weighted by Gasteiger charge is -2.33. The first-order valence-corrected chi connectivity index (χ1v) is 7.71. The Hall–Kier alpha value is -2.41. The second-order valence-electron chi connectivity index (χ2n) is 5.75. The van der Waals surface area contributed by atoms with Crippen molar-refractivity contribution in [2.75, 3.05) is 0 Å². The molecule has 1 aromatic carbocycles. The predicted molar refractivity (Wildman–Crippen MR) is 83.4 cm³/mol. The number of halogens is 1. The number of nitrogens with zero attached hydrogens (tertiary/aromatic N) is 2. The molecule has 0 aliphatic carbocycles. The first-order chi connectivity index (χ1) is 11.0. The van der Waals surface area contributed by atoms with Gasteiger partial charge in [-0.25, -0.2) is 9.78 Å². The Morgan fingerprint density at radius 2 is 2.13 bits per heavy atom. The molecule has 1 fully saturated rings. The number of imide groups is 1. The maximum Gasteiger partial charge on any atom is 0.322 e. The molecule has 2 aromatic rings. The van der Waals surface area contributed by atoms with Crippen LogP contribution >= 0.6 is 11.6 Å². The van der Waals surface area contributed by atoms with Crippen molar-refractivity contribution in [2.45, 2.75) is 31.8 Å². The van der Waals surface area contributed by atoms with Crippen LogP contribution in [-0.4, -0.2) is 21.5 Å². The van der Waals surface area contributed by atoms with Gasteiger partial charge in [0.2, 0.25) is 0 Å². The van der Waals surface area contributed by atoms with E-state index in [1.807, 2.05) is 6.92 Å². The molecule has 7 nitrogen and oxygen atoms in total. The first-order valence-electron chi connectivity index (χ1n) is 7.33. The summed E-state index contributed by atoms with van der Waals surface area (Å²) in [7, 11) is 0. The van der Waals surface area contributed by atoms with Gasteiger partial charge in [0.25, 0.3) is 11.5 Å². The number of amides is 3. The Kier molecular flexibility index (Phi) is 2.81. The van der Waals surface area contributed by atoms with Crippen molar-refractivity contribution in [1.82, 2.24) is 20.2 Å². The molecule has 4 rings (SSSR count). The summed E-state index contributed by atoms with van der Waals surface area (Å²) in [6, 6.07) is 2.75. The van der Waals surface area contributed by atoms with Gasteiger partial charge in [-0.3, -0.25) is 14.9 Å². The standard InChI is InChI=1S/C15H13ClN4O3/c1-2-9-12(21)20-4-3-15(13(22)18-14(23)19-15)8-5-7(16)6-10(17-9)11(8)20/h5-6H,2-4H2,1H3,(H2,18,19,22,23). The number of hydrogen-bond acceptors (Lipinski definition) is 4. The van der Waals surface area contributed by atoms with Gasteiger partial charge in [0.1, 0.15) is 11.2 Å². The Morgan fingerprint density at radius 3 is 2.78 bits per heavy atom. The van der Waals surface area contributed by atoms with Gasteiger partial charge in [-0.05, 0) is 18.6 Å². The molecule has 1 atom stereocenters. The topological polar surface area (TPSA) is 93.1 Å². The third-order valence-corrected chi connectivity index (χ3v) is 4.74. The molecule has 1 spiro atoms. The van der Waals surface area contributed by atoms with Crippen LogP contribution in [0.15, 0.2) is 16.9 Å². The average Bonchev–Trinajstić information content (AvgIpc) is 2.79. The number of aromatic nitrogens is 2. The monoisotopic (exact) mass is 332 g/mol. The van der Waals surface area contributed by atoms with Crippen molar-refractivity contribution in [3.8, 4) is 0 Å². The van der Waals surface area contributed by atoms with E-state index in [-0.39, 0.29) is 5.56 Å². The van der Waals surface area contributed by atoms with Crippen molar-refractivity contribution in [2.24, 2.45) is 0 Å². The molecule has 1 saturated heterocycles. The van der Waals surface area contributed by atoms with Crippen LogP contribution in [0.3, 0.4) is 0 Å². The zero-order valence-electron chi connectivity index (χ0n) is 12.3. The number of carbonyl (C=O) groups excluding carboxylic acids is 2. The molecule has 3 heterocycles. The fourth-order valence-electron chi connectivity index (χ4n) is 3.44. The molecule has 2 N–H and O–H groups in total. The summed E-state index contributed by atoms with van der Waals surface area (Å²) < 4.78 is 1.62. The van der Waals surface area contributed by atoms with Crippen molar-refractivity contribution in [3.05, 3.63) is 38.8 Å². The van der Waals surface area contributed by atoms with Crippen molar-refractivity contribution >= 4 is 34.6 Å². The second-order valence-corrected chi connectivity index (χ2v) is 6.19. The molecule has 0 bridgehead atoms. The SMILES string of the molecule is CCc1nc2cc(Cl)cc3c2n(c1=O)CCC31NC(=O)NC1=O. The van der Waals surface area contributed by atoms with E-state index in [1.165, 1.54) is 0 Å². The van der Waals surface area contributed by atoms with Gasteiger partial charge in [0, 0.05) is 23.6 Å². The van der Waals surface area contributed by atoms with Crippen molar-refractivity contribution in [3.63, 3.8) is 0 Å². The second kappa shape index (κ2) is 4.55. The van der Waals surface area contributed by atoms with E-state index in [0.29, 0.717) is 46.7 Å². The molecular weight excluding hydrogens is 320 g/mol. The molecule has 118 valence electrons. The largest absolute Gasteiger partial charge is 0.322 e. The highest BCUT2D eigenvalue weighted by molar-refractivity contribution is 6.31. The lowest BCUT2D eigenvalue weighted by Crippen LogP contribution is -2.48. The van der Waals surface area contributed by atoms with E-state index < -0.39 is 17.5 Å². The lowest BCUT2D eigenvalue weighted by atomic mass is 9.83. The van der Waals surface area contributed by atoms with E-state index in [9.17, 15) is 14.4 Å². The molecule has 8 heteroatoms. The van der Waals surface area contributed by atoms with E-state index in [1.54, 1.807) is 16.7 Å². The van der Waals surface area contributed by atoms with Gasteiger partial charge in [0.05, 0.1) is 11.0 Å². The minimum atomic E-state index is -1.19. The molecule has 1 aromatic heterocycles. The van der Waals surface area contributed by atoms with Gasteiger partial charge in [-0.1, -0.05) is 18.5 Å². The van der Waals surface area contributed by atoms with Crippen LogP contribution in [0.25, 0.3) is 11.0 Å². The van der Waals surface area contributed by atoms with Crippen LogP contribution in [0.1, 0.15) is 24.6 Å². The summed E-state index contributed by atoms with van der Waals surface area (Å²) in [5.74, 6) is -0.427. The third-order valence-electron chi connectivity index (χ3n) is 4.52. The normalized spacial score (nSPS) is 22.5. The number of aryl methyl sites for hydroxylation is 2. The summed E-state index contributed by atoms with van der Waals surface area (Å²) in [6.07, 6.45) is 0.805. The highest BCUT2D eigenvalue weighted by Gasteiger charge is 2.50. The summed E-state index contributed by atoms with van der Waals surface area (Å²) in [4.78, 5) is 41.0. The maximum atomic E-state index is 12.5. The lowest BCUT2D eigenvalue weighted by molar-refractivity contribution is -0.124. The molecule has 3 amide bonds. The first kappa shape index (κ1) is 14.2. The van der Waals surface area contributed by atoms with E-state index in [4.69, 9.17) is 11.6 Å². The van der Waals surface area contributed by atoms with Gasteiger partial charge in [-0.15, -0.1) is 0 Å². The van der Waals surface area contributed by atoms with Crippen LogP contribution in [0.2, 0.25) is 5.02 Å². The van der Waals surface area contributed by atoms with Gasteiger partial charge >= 0.3 is 6.03 Å². The van der Waals surface area contributed by atoms with Gasteiger partial charge in [-0.2, -0.15) is 0 Å². The van der Waals surface area contributed by atoms with E-state index in [0.717, 1.165) is 0 Å². The Labute approximate surface area is 135 Å². The number of fused-ring (bicyclic) bond motifs is 1. The number of carbonyl (C=O) groups is 2. The van der Waals surface area contributed by atoms with Gasteiger partial charge < -0.3 is 9.88 Å². The molecule has 0 radical (unpaired) electrons. The van der Waals surface area contributed by atoms with Crippen LogP contribution in [0, 0.1) is 0 Å².